The molecule has 0 spiro atoms. The zero-order chi connectivity index (χ0) is 14.6. The molecule has 2 rings (SSSR count). The highest BCUT2D eigenvalue weighted by atomic mass is 79.9. The minimum atomic E-state index is -3.48. The first-order valence-electron chi connectivity index (χ1n) is 6.61. The number of rotatable bonds is 5. The summed E-state index contributed by atoms with van der Waals surface area (Å²) in [5.41, 5.74) is 0.902. The SMILES string of the molecule is O=S(=O)(NCc1cccc(Br)c1)N1CCCC(CO)C1. The van der Waals surface area contributed by atoms with Gasteiger partial charge in [-0.2, -0.15) is 17.4 Å². The molecule has 1 aliphatic heterocycles. The van der Waals surface area contributed by atoms with Crippen LogP contribution in [0.4, 0.5) is 0 Å². The predicted octanol–water partition coefficient (Wildman–Crippen LogP) is 1.49. The number of nitrogens with one attached hydrogen (secondary N) is 1. The lowest BCUT2D eigenvalue weighted by molar-refractivity contribution is 0.164. The molecule has 1 fully saturated rings. The first-order chi connectivity index (χ1) is 9.51. The molecule has 0 aromatic heterocycles. The molecule has 0 saturated carbocycles. The van der Waals surface area contributed by atoms with Crippen LogP contribution >= 0.6 is 15.9 Å². The van der Waals surface area contributed by atoms with E-state index in [0.29, 0.717) is 13.1 Å². The molecule has 1 aliphatic rings. The Hall–Kier alpha value is -0.470. The Kier molecular flexibility index (Phi) is 5.57. The van der Waals surface area contributed by atoms with Crippen molar-refractivity contribution in [2.45, 2.75) is 19.4 Å². The second kappa shape index (κ2) is 7.00. The standard InChI is InChI=1S/C13H19BrN2O3S/c14-13-5-1-3-11(7-13)8-15-20(18,19)16-6-2-4-12(9-16)10-17/h1,3,5,7,12,15,17H,2,4,6,8-10H2. The Balaban J connectivity index is 1.97. The van der Waals surface area contributed by atoms with Crippen molar-refractivity contribution >= 4 is 26.1 Å². The number of benzene rings is 1. The fourth-order valence-electron chi connectivity index (χ4n) is 2.31. The number of hydrogen-bond donors (Lipinski definition) is 2. The third kappa shape index (κ3) is 4.26. The van der Waals surface area contributed by atoms with Crippen LogP contribution in [0.2, 0.25) is 0 Å². The van der Waals surface area contributed by atoms with E-state index in [4.69, 9.17) is 5.11 Å². The second-order valence-electron chi connectivity index (χ2n) is 5.00. The van der Waals surface area contributed by atoms with Crippen molar-refractivity contribution in [1.29, 1.82) is 0 Å². The van der Waals surface area contributed by atoms with Gasteiger partial charge in [0.15, 0.2) is 0 Å². The molecule has 1 heterocycles. The molecule has 1 aromatic rings. The van der Waals surface area contributed by atoms with Crippen LogP contribution in [0.25, 0.3) is 0 Å². The van der Waals surface area contributed by atoms with Crippen LogP contribution in [0.1, 0.15) is 18.4 Å². The number of nitrogens with zero attached hydrogens (tertiary/aromatic N) is 1. The molecule has 1 saturated heterocycles. The van der Waals surface area contributed by atoms with Gasteiger partial charge in [0.2, 0.25) is 0 Å². The van der Waals surface area contributed by atoms with Crippen LogP contribution in [0.15, 0.2) is 28.7 Å². The number of piperidine rings is 1. The molecule has 0 amide bonds. The van der Waals surface area contributed by atoms with Crippen LogP contribution in [-0.2, 0) is 16.8 Å². The molecular weight excluding hydrogens is 344 g/mol. The molecule has 0 radical (unpaired) electrons. The van der Waals surface area contributed by atoms with Crippen molar-refractivity contribution < 1.29 is 13.5 Å². The molecule has 0 bridgehead atoms. The average Bonchev–Trinajstić information content (AvgIpc) is 2.45. The van der Waals surface area contributed by atoms with E-state index in [0.717, 1.165) is 22.9 Å². The van der Waals surface area contributed by atoms with Gasteiger partial charge >= 0.3 is 0 Å². The summed E-state index contributed by atoms with van der Waals surface area (Å²) in [6, 6.07) is 7.53. The number of hydrogen-bond acceptors (Lipinski definition) is 3. The molecule has 7 heteroatoms. The Bertz CT molecular complexity index is 550. The molecule has 5 nitrogen and oxygen atoms in total. The predicted molar refractivity (Wildman–Crippen MR) is 81.3 cm³/mol. The summed E-state index contributed by atoms with van der Waals surface area (Å²) in [4.78, 5) is 0. The molecule has 112 valence electrons. The van der Waals surface area contributed by atoms with Gasteiger partial charge < -0.3 is 5.11 Å². The van der Waals surface area contributed by atoms with E-state index in [2.05, 4.69) is 20.7 Å². The summed E-state index contributed by atoms with van der Waals surface area (Å²) in [6.45, 7) is 1.22. The van der Waals surface area contributed by atoms with E-state index in [1.165, 1.54) is 4.31 Å². The van der Waals surface area contributed by atoms with Gasteiger partial charge in [0.25, 0.3) is 10.2 Å². The molecule has 0 aliphatic carbocycles. The Morgan fingerprint density at radius 2 is 2.25 bits per heavy atom. The van der Waals surface area contributed by atoms with Crippen molar-refractivity contribution in [3.05, 3.63) is 34.3 Å². The van der Waals surface area contributed by atoms with Gasteiger partial charge in [-0.25, -0.2) is 0 Å². The third-order valence-corrected chi connectivity index (χ3v) is 5.44. The molecule has 20 heavy (non-hydrogen) atoms. The number of halogens is 1. The summed E-state index contributed by atoms with van der Waals surface area (Å²) in [5.74, 6) is 0.0474. The second-order valence-corrected chi connectivity index (χ2v) is 7.68. The molecular formula is C13H19BrN2O3S. The Morgan fingerprint density at radius 1 is 1.45 bits per heavy atom. The lowest BCUT2D eigenvalue weighted by Gasteiger charge is -2.30. The molecule has 1 atom stereocenters. The van der Waals surface area contributed by atoms with Gasteiger partial charge in [-0.1, -0.05) is 28.1 Å². The van der Waals surface area contributed by atoms with Crippen LogP contribution in [0.3, 0.4) is 0 Å². The lowest BCUT2D eigenvalue weighted by Crippen LogP contribution is -2.46. The van der Waals surface area contributed by atoms with Gasteiger partial charge in [-0.3, -0.25) is 0 Å². The molecule has 2 N–H and O–H groups in total. The quantitative estimate of drug-likeness (QED) is 0.833. The first-order valence-corrected chi connectivity index (χ1v) is 8.84. The topological polar surface area (TPSA) is 69.6 Å². The van der Waals surface area contributed by atoms with Gasteiger partial charge in [-0.15, -0.1) is 0 Å². The van der Waals surface area contributed by atoms with E-state index in [1.54, 1.807) is 0 Å². The minimum Gasteiger partial charge on any atom is -0.396 e. The van der Waals surface area contributed by atoms with Gasteiger partial charge in [-0.05, 0) is 36.5 Å². The summed E-state index contributed by atoms with van der Waals surface area (Å²) >= 11 is 3.36. The smallest absolute Gasteiger partial charge is 0.279 e. The van der Waals surface area contributed by atoms with E-state index < -0.39 is 10.2 Å². The Morgan fingerprint density at radius 3 is 2.95 bits per heavy atom. The minimum absolute atomic E-state index is 0.0393. The fourth-order valence-corrected chi connectivity index (χ4v) is 4.06. The third-order valence-electron chi connectivity index (χ3n) is 3.43. The van der Waals surface area contributed by atoms with Gasteiger partial charge in [0.1, 0.15) is 0 Å². The highest BCUT2D eigenvalue weighted by Crippen LogP contribution is 2.18. The zero-order valence-electron chi connectivity index (χ0n) is 11.1. The van der Waals surface area contributed by atoms with E-state index >= 15 is 0 Å². The van der Waals surface area contributed by atoms with Crippen molar-refractivity contribution in [3.63, 3.8) is 0 Å². The molecule has 1 unspecified atom stereocenters. The van der Waals surface area contributed by atoms with E-state index in [-0.39, 0.29) is 19.1 Å². The van der Waals surface area contributed by atoms with Gasteiger partial charge in [0.05, 0.1) is 0 Å². The van der Waals surface area contributed by atoms with E-state index in [9.17, 15) is 8.42 Å². The van der Waals surface area contributed by atoms with Crippen LogP contribution < -0.4 is 4.72 Å². The summed E-state index contributed by atoms with van der Waals surface area (Å²) in [5, 5.41) is 9.17. The first kappa shape index (κ1) is 15.9. The normalized spacial score (nSPS) is 21.0. The van der Waals surface area contributed by atoms with Crippen molar-refractivity contribution in [2.75, 3.05) is 19.7 Å². The maximum atomic E-state index is 12.2. The number of aliphatic hydroxyl groups excluding tert-OH is 1. The van der Waals surface area contributed by atoms with E-state index in [1.807, 2.05) is 24.3 Å². The van der Waals surface area contributed by atoms with Crippen LogP contribution in [0.5, 0.6) is 0 Å². The fraction of sp³-hybridized carbons (Fsp3) is 0.538. The van der Waals surface area contributed by atoms with Crippen molar-refractivity contribution in [2.24, 2.45) is 5.92 Å². The highest BCUT2D eigenvalue weighted by molar-refractivity contribution is 9.10. The monoisotopic (exact) mass is 362 g/mol. The number of aliphatic hydroxyl groups is 1. The van der Waals surface area contributed by atoms with Crippen molar-refractivity contribution in [1.82, 2.24) is 9.03 Å². The zero-order valence-corrected chi connectivity index (χ0v) is 13.5. The van der Waals surface area contributed by atoms with Crippen LogP contribution in [0, 0.1) is 5.92 Å². The van der Waals surface area contributed by atoms with Gasteiger partial charge in [0, 0.05) is 30.7 Å². The van der Waals surface area contributed by atoms with Crippen LogP contribution in [-0.4, -0.2) is 37.5 Å². The maximum Gasteiger partial charge on any atom is 0.279 e. The maximum absolute atomic E-state index is 12.2. The van der Waals surface area contributed by atoms with Crippen molar-refractivity contribution in [3.8, 4) is 0 Å². The summed E-state index contributed by atoms with van der Waals surface area (Å²) < 4.78 is 29.4. The summed E-state index contributed by atoms with van der Waals surface area (Å²) in [6.07, 6.45) is 1.68. The Labute approximate surface area is 128 Å². The lowest BCUT2D eigenvalue weighted by atomic mass is 10.0. The summed E-state index contributed by atoms with van der Waals surface area (Å²) in [7, 11) is -3.48. The average molecular weight is 363 g/mol. The largest absolute Gasteiger partial charge is 0.396 e. The highest BCUT2D eigenvalue weighted by Gasteiger charge is 2.28. The molecule has 1 aromatic carbocycles.